The highest BCUT2D eigenvalue weighted by Crippen LogP contribution is 2.22. The zero-order valence-electron chi connectivity index (χ0n) is 12.3. The molecule has 1 aromatic heterocycles. The van der Waals surface area contributed by atoms with Crippen LogP contribution >= 0.6 is 0 Å². The van der Waals surface area contributed by atoms with Crippen LogP contribution in [-0.4, -0.2) is 21.0 Å². The summed E-state index contributed by atoms with van der Waals surface area (Å²) < 4.78 is 5.66. The van der Waals surface area contributed by atoms with E-state index in [-0.39, 0.29) is 18.3 Å². The third-order valence-corrected chi connectivity index (χ3v) is 2.91. The molecule has 21 heavy (non-hydrogen) atoms. The first kappa shape index (κ1) is 15.0. The van der Waals surface area contributed by atoms with Crippen LogP contribution in [0.5, 0.6) is 11.8 Å². The summed E-state index contributed by atoms with van der Waals surface area (Å²) in [5.74, 6) is -0.0532. The van der Waals surface area contributed by atoms with Crippen molar-refractivity contribution in [1.82, 2.24) is 9.97 Å². The molecule has 0 aliphatic heterocycles. The highest BCUT2D eigenvalue weighted by molar-refractivity contribution is 5.70. The minimum absolute atomic E-state index is 0.0386. The SMILES string of the molecule is Cc1cc(C(C)C)nc(Oc2cccc(CC(=O)O)c2)n1. The van der Waals surface area contributed by atoms with Crippen LogP contribution in [0.15, 0.2) is 30.3 Å². The Morgan fingerprint density at radius 2 is 2.05 bits per heavy atom. The van der Waals surface area contributed by atoms with E-state index in [1.54, 1.807) is 24.3 Å². The summed E-state index contributed by atoms with van der Waals surface area (Å²) in [5, 5.41) is 8.82. The van der Waals surface area contributed by atoms with Gasteiger partial charge in [-0.3, -0.25) is 4.79 Å². The lowest BCUT2D eigenvalue weighted by Gasteiger charge is -2.09. The Balaban J connectivity index is 2.23. The molecule has 1 N–H and O–H groups in total. The topological polar surface area (TPSA) is 72.3 Å². The molecule has 110 valence electrons. The summed E-state index contributed by atoms with van der Waals surface area (Å²) in [4.78, 5) is 19.4. The molecule has 5 heteroatoms. The number of hydrogen-bond donors (Lipinski definition) is 1. The molecular weight excluding hydrogens is 268 g/mol. The standard InChI is InChI=1S/C16H18N2O3/c1-10(2)14-7-11(3)17-16(18-14)21-13-6-4-5-12(8-13)9-15(19)20/h4-8,10H,9H2,1-3H3,(H,19,20). The van der Waals surface area contributed by atoms with E-state index < -0.39 is 5.97 Å². The normalized spacial score (nSPS) is 10.7. The Hall–Kier alpha value is -2.43. The average molecular weight is 286 g/mol. The maximum atomic E-state index is 10.7. The number of benzene rings is 1. The predicted octanol–water partition coefficient (Wildman–Crippen LogP) is 3.33. The van der Waals surface area contributed by atoms with Crippen molar-refractivity contribution < 1.29 is 14.6 Å². The molecule has 0 spiro atoms. The number of carboxylic acid groups (broad SMARTS) is 1. The van der Waals surface area contributed by atoms with Gasteiger partial charge in [0, 0.05) is 5.69 Å². The number of aromatic nitrogens is 2. The van der Waals surface area contributed by atoms with Crippen LogP contribution in [0.25, 0.3) is 0 Å². The van der Waals surface area contributed by atoms with Crippen molar-refractivity contribution in [2.75, 3.05) is 0 Å². The second-order valence-electron chi connectivity index (χ2n) is 5.19. The third kappa shape index (κ3) is 4.27. The van der Waals surface area contributed by atoms with Gasteiger partial charge in [-0.15, -0.1) is 0 Å². The van der Waals surface area contributed by atoms with Crippen LogP contribution in [0.1, 0.15) is 36.7 Å². The number of carbonyl (C=O) groups is 1. The Bertz CT molecular complexity index is 654. The lowest BCUT2D eigenvalue weighted by Crippen LogP contribution is -2.02. The highest BCUT2D eigenvalue weighted by Gasteiger charge is 2.08. The Morgan fingerprint density at radius 1 is 1.29 bits per heavy atom. The van der Waals surface area contributed by atoms with E-state index in [9.17, 15) is 4.79 Å². The number of aliphatic carboxylic acids is 1. The molecule has 2 aromatic rings. The minimum Gasteiger partial charge on any atom is -0.481 e. The van der Waals surface area contributed by atoms with Gasteiger partial charge in [0.15, 0.2) is 0 Å². The predicted molar refractivity (Wildman–Crippen MR) is 78.7 cm³/mol. The molecule has 0 bridgehead atoms. The largest absolute Gasteiger partial charge is 0.481 e. The smallest absolute Gasteiger partial charge is 0.322 e. The number of nitrogens with zero attached hydrogens (tertiary/aromatic N) is 2. The van der Waals surface area contributed by atoms with E-state index in [1.165, 1.54) is 0 Å². The molecule has 0 aliphatic carbocycles. The van der Waals surface area contributed by atoms with E-state index in [0.29, 0.717) is 11.3 Å². The molecule has 0 atom stereocenters. The van der Waals surface area contributed by atoms with E-state index in [0.717, 1.165) is 11.4 Å². The number of hydrogen-bond acceptors (Lipinski definition) is 4. The van der Waals surface area contributed by atoms with Crippen LogP contribution in [0.3, 0.4) is 0 Å². The van der Waals surface area contributed by atoms with Crippen LogP contribution < -0.4 is 4.74 Å². The van der Waals surface area contributed by atoms with Crippen molar-refractivity contribution in [2.24, 2.45) is 0 Å². The molecule has 0 unspecified atom stereocenters. The Labute approximate surface area is 123 Å². The summed E-state index contributed by atoms with van der Waals surface area (Å²) in [6.07, 6.45) is -0.0386. The second-order valence-corrected chi connectivity index (χ2v) is 5.19. The molecule has 0 saturated heterocycles. The van der Waals surface area contributed by atoms with Gasteiger partial charge in [-0.05, 0) is 36.6 Å². The van der Waals surface area contributed by atoms with Gasteiger partial charge in [-0.2, -0.15) is 4.98 Å². The van der Waals surface area contributed by atoms with Crippen LogP contribution in [0, 0.1) is 6.92 Å². The molecule has 0 saturated carbocycles. The van der Waals surface area contributed by atoms with Crippen molar-refractivity contribution in [1.29, 1.82) is 0 Å². The highest BCUT2D eigenvalue weighted by atomic mass is 16.5. The van der Waals surface area contributed by atoms with Gasteiger partial charge in [0.25, 0.3) is 0 Å². The first-order valence-corrected chi connectivity index (χ1v) is 6.78. The number of rotatable bonds is 5. The van der Waals surface area contributed by atoms with Gasteiger partial charge in [-0.25, -0.2) is 4.98 Å². The Kier molecular flexibility index (Phi) is 4.52. The maximum Gasteiger partial charge on any atom is 0.322 e. The molecule has 0 amide bonds. The molecule has 5 nitrogen and oxygen atoms in total. The summed E-state index contributed by atoms with van der Waals surface area (Å²) in [5.41, 5.74) is 2.43. The zero-order valence-corrected chi connectivity index (χ0v) is 12.3. The molecule has 0 aliphatic rings. The van der Waals surface area contributed by atoms with Gasteiger partial charge in [0.05, 0.1) is 12.1 Å². The summed E-state index contributed by atoms with van der Waals surface area (Å²) in [6.45, 7) is 6.00. The summed E-state index contributed by atoms with van der Waals surface area (Å²) >= 11 is 0. The number of carboxylic acids is 1. The lowest BCUT2D eigenvalue weighted by atomic mass is 10.1. The second kappa shape index (κ2) is 6.35. The van der Waals surface area contributed by atoms with E-state index in [4.69, 9.17) is 9.84 Å². The fourth-order valence-electron chi connectivity index (χ4n) is 1.91. The summed E-state index contributed by atoms with van der Waals surface area (Å²) in [7, 11) is 0. The molecule has 2 rings (SSSR count). The first-order chi connectivity index (χ1) is 9.94. The molecule has 0 radical (unpaired) electrons. The first-order valence-electron chi connectivity index (χ1n) is 6.78. The average Bonchev–Trinajstić information content (AvgIpc) is 2.37. The fourth-order valence-corrected chi connectivity index (χ4v) is 1.91. The van der Waals surface area contributed by atoms with E-state index >= 15 is 0 Å². The molecule has 1 aromatic carbocycles. The molecule has 1 heterocycles. The van der Waals surface area contributed by atoms with Gasteiger partial charge < -0.3 is 9.84 Å². The fraction of sp³-hybridized carbons (Fsp3) is 0.312. The third-order valence-electron chi connectivity index (χ3n) is 2.91. The lowest BCUT2D eigenvalue weighted by molar-refractivity contribution is -0.136. The molecule has 0 fully saturated rings. The van der Waals surface area contributed by atoms with E-state index in [1.807, 2.05) is 13.0 Å². The van der Waals surface area contributed by atoms with Crippen molar-refractivity contribution in [3.8, 4) is 11.8 Å². The number of aryl methyl sites for hydroxylation is 1. The summed E-state index contributed by atoms with van der Waals surface area (Å²) in [6, 6.07) is 9.16. The quantitative estimate of drug-likeness (QED) is 0.912. The zero-order chi connectivity index (χ0) is 15.4. The number of ether oxygens (including phenoxy) is 1. The Morgan fingerprint density at radius 3 is 2.71 bits per heavy atom. The van der Waals surface area contributed by atoms with Gasteiger partial charge >= 0.3 is 12.0 Å². The minimum atomic E-state index is -0.874. The monoisotopic (exact) mass is 286 g/mol. The van der Waals surface area contributed by atoms with Crippen molar-refractivity contribution in [3.63, 3.8) is 0 Å². The van der Waals surface area contributed by atoms with Gasteiger partial charge in [0.2, 0.25) is 0 Å². The van der Waals surface area contributed by atoms with Gasteiger partial charge in [0.1, 0.15) is 5.75 Å². The van der Waals surface area contributed by atoms with Crippen molar-refractivity contribution in [3.05, 3.63) is 47.3 Å². The van der Waals surface area contributed by atoms with Crippen LogP contribution in [-0.2, 0) is 11.2 Å². The van der Waals surface area contributed by atoms with Crippen molar-refractivity contribution >= 4 is 5.97 Å². The van der Waals surface area contributed by atoms with Crippen LogP contribution in [0.4, 0.5) is 0 Å². The van der Waals surface area contributed by atoms with Crippen LogP contribution in [0.2, 0.25) is 0 Å². The molecular formula is C16H18N2O3. The van der Waals surface area contributed by atoms with Gasteiger partial charge in [-0.1, -0.05) is 26.0 Å². The van der Waals surface area contributed by atoms with Crippen molar-refractivity contribution in [2.45, 2.75) is 33.1 Å². The maximum absolute atomic E-state index is 10.7. The van der Waals surface area contributed by atoms with E-state index in [2.05, 4.69) is 23.8 Å².